The van der Waals surface area contributed by atoms with Crippen molar-refractivity contribution in [2.75, 3.05) is 26.6 Å². The molecule has 33 heavy (non-hydrogen) atoms. The summed E-state index contributed by atoms with van der Waals surface area (Å²) in [5.41, 5.74) is 1.23. The van der Waals surface area contributed by atoms with Gasteiger partial charge in [0.1, 0.15) is 11.5 Å². The predicted molar refractivity (Wildman–Crippen MR) is 121 cm³/mol. The van der Waals surface area contributed by atoms with E-state index in [1.54, 1.807) is 37.3 Å². The van der Waals surface area contributed by atoms with Crippen molar-refractivity contribution in [3.8, 4) is 11.5 Å². The van der Waals surface area contributed by atoms with E-state index in [0.29, 0.717) is 17.1 Å². The van der Waals surface area contributed by atoms with Crippen molar-refractivity contribution >= 4 is 21.8 Å². The molecular formula is C23H26N2O7S. The lowest BCUT2D eigenvalue weighted by molar-refractivity contribution is -0.139. The summed E-state index contributed by atoms with van der Waals surface area (Å²) >= 11 is 0. The minimum atomic E-state index is -3.88. The molecule has 0 radical (unpaired) electrons. The van der Waals surface area contributed by atoms with Gasteiger partial charge in [-0.15, -0.1) is 0 Å². The number of urea groups is 1. The fraction of sp³-hybridized carbons (Fsp3) is 0.304. The summed E-state index contributed by atoms with van der Waals surface area (Å²) in [5.74, 6) is -0.504. The molecule has 2 aromatic carbocycles. The van der Waals surface area contributed by atoms with Crippen LogP contribution in [0.2, 0.25) is 0 Å². The number of amides is 2. The number of esters is 1. The van der Waals surface area contributed by atoms with Gasteiger partial charge in [0.2, 0.25) is 0 Å². The van der Waals surface area contributed by atoms with Crippen LogP contribution in [0.1, 0.15) is 24.1 Å². The zero-order chi connectivity index (χ0) is 24.2. The Balaban J connectivity index is 2.16. The van der Waals surface area contributed by atoms with E-state index in [2.05, 4.69) is 10.6 Å². The molecule has 0 bridgehead atoms. The first-order valence-corrected chi connectivity index (χ1v) is 11.8. The Kier molecular flexibility index (Phi) is 7.27. The first-order chi connectivity index (χ1) is 15.7. The van der Waals surface area contributed by atoms with Crippen LogP contribution in [-0.4, -0.2) is 47.0 Å². The van der Waals surface area contributed by atoms with Gasteiger partial charge in [-0.3, -0.25) is 0 Å². The van der Waals surface area contributed by atoms with Gasteiger partial charge in [-0.05, 0) is 44.2 Å². The third-order valence-electron chi connectivity index (χ3n) is 5.11. The first kappa shape index (κ1) is 24.1. The Hall–Kier alpha value is -3.53. The van der Waals surface area contributed by atoms with Gasteiger partial charge in [0, 0.05) is 11.3 Å². The molecule has 9 nitrogen and oxygen atoms in total. The van der Waals surface area contributed by atoms with Crippen LogP contribution in [0.15, 0.2) is 58.6 Å². The van der Waals surface area contributed by atoms with Crippen molar-refractivity contribution in [2.24, 2.45) is 0 Å². The van der Waals surface area contributed by atoms with E-state index in [0.717, 1.165) is 5.56 Å². The number of methoxy groups -OCH3 is 2. The average Bonchev–Trinajstić information content (AvgIpc) is 2.78. The predicted octanol–water partition coefficient (Wildman–Crippen LogP) is 2.66. The Morgan fingerprint density at radius 3 is 2.36 bits per heavy atom. The highest BCUT2D eigenvalue weighted by molar-refractivity contribution is 7.91. The van der Waals surface area contributed by atoms with Crippen LogP contribution in [0, 0.1) is 6.92 Å². The van der Waals surface area contributed by atoms with Crippen molar-refractivity contribution in [2.45, 2.75) is 24.8 Å². The molecule has 0 saturated heterocycles. The smallest absolute Gasteiger partial charge is 0.338 e. The van der Waals surface area contributed by atoms with Crippen molar-refractivity contribution < 1.29 is 32.2 Å². The van der Waals surface area contributed by atoms with Crippen LogP contribution in [0.3, 0.4) is 0 Å². The summed E-state index contributed by atoms with van der Waals surface area (Å²) in [6, 6.07) is 9.56. The standard InChI is InChI=1S/C23H26N2O7S/c1-5-32-22(26)20-18(13-33(28,29)16-9-6-14(2)7-10-16)24-23(27)25-21(20)17-12-15(30-3)8-11-19(17)31-4/h6-12,21H,5,13H2,1-4H3,(H2,24,25,27). The number of hydrogen-bond donors (Lipinski definition) is 2. The lowest BCUT2D eigenvalue weighted by atomic mass is 9.94. The number of hydrogen-bond acceptors (Lipinski definition) is 7. The third-order valence-corrected chi connectivity index (χ3v) is 6.77. The number of ether oxygens (including phenoxy) is 3. The van der Waals surface area contributed by atoms with Crippen molar-refractivity contribution in [1.29, 1.82) is 0 Å². The molecular weight excluding hydrogens is 448 g/mol. The maximum Gasteiger partial charge on any atom is 0.338 e. The highest BCUT2D eigenvalue weighted by Crippen LogP contribution is 2.36. The minimum absolute atomic E-state index is 0.0290. The van der Waals surface area contributed by atoms with Gasteiger partial charge in [0.05, 0.1) is 43.1 Å². The van der Waals surface area contributed by atoms with Gasteiger partial charge < -0.3 is 24.8 Å². The van der Waals surface area contributed by atoms with Crippen LogP contribution in [0.25, 0.3) is 0 Å². The molecule has 0 fully saturated rings. The fourth-order valence-corrected chi connectivity index (χ4v) is 4.82. The quantitative estimate of drug-likeness (QED) is 0.565. The summed E-state index contributed by atoms with van der Waals surface area (Å²) in [7, 11) is -0.950. The number of benzene rings is 2. The molecule has 3 rings (SSSR count). The maximum absolute atomic E-state index is 13.1. The SMILES string of the molecule is CCOC(=O)C1=C(CS(=O)(=O)c2ccc(C)cc2)NC(=O)NC1c1cc(OC)ccc1OC. The van der Waals surface area contributed by atoms with E-state index in [-0.39, 0.29) is 22.8 Å². The molecule has 1 aliphatic rings. The van der Waals surface area contributed by atoms with Crippen LogP contribution >= 0.6 is 0 Å². The molecule has 176 valence electrons. The van der Waals surface area contributed by atoms with Crippen LogP contribution in [-0.2, 0) is 19.4 Å². The number of carbonyl (C=O) groups excluding carboxylic acids is 2. The van der Waals surface area contributed by atoms with Crippen molar-refractivity contribution in [3.05, 3.63) is 64.9 Å². The summed E-state index contributed by atoms with van der Waals surface area (Å²) in [4.78, 5) is 25.6. The topological polar surface area (TPSA) is 120 Å². The number of aryl methyl sites for hydroxylation is 1. The molecule has 0 aromatic heterocycles. The summed E-state index contributed by atoms with van der Waals surface area (Å²) in [6.07, 6.45) is 0. The highest BCUT2D eigenvalue weighted by atomic mass is 32.2. The lowest BCUT2D eigenvalue weighted by Gasteiger charge is -2.30. The number of sulfone groups is 1. The molecule has 0 aliphatic carbocycles. The Labute approximate surface area is 192 Å². The molecule has 0 saturated carbocycles. The normalized spacial score (nSPS) is 16.0. The number of nitrogens with one attached hydrogen (secondary N) is 2. The summed E-state index contributed by atoms with van der Waals surface area (Å²) in [5, 5.41) is 5.16. The minimum Gasteiger partial charge on any atom is -0.497 e. The number of carbonyl (C=O) groups is 2. The second kappa shape index (κ2) is 9.95. The van der Waals surface area contributed by atoms with Crippen LogP contribution in [0.4, 0.5) is 4.79 Å². The van der Waals surface area contributed by atoms with E-state index >= 15 is 0 Å². The van der Waals surface area contributed by atoms with Crippen molar-refractivity contribution in [1.82, 2.24) is 10.6 Å². The molecule has 1 aliphatic heterocycles. The Morgan fingerprint density at radius 2 is 1.76 bits per heavy atom. The monoisotopic (exact) mass is 474 g/mol. The second-order valence-electron chi connectivity index (χ2n) is 7.32. The van der Waals surface area contributed by atoms with Crippen LogP contribution < -0.4 is 20.1 Å². The molecule has 0 spiro atoms. The first-order valence-electron chi connectivity index (χ1n) is 10.2. The molecule has 2 amide bonds. The van der Waals surface area contributed by atoms with Gasteiger partial charge >= 0.3 is 12.0 Å². The molecule has 1 unspecified atom stereocenters. The lowest BCUT2D eigenvalue weighted by Crippen LogP contribution is -2.47. The Bertz CT molecular complexity index is 1190. The Morgan fingerprint density at radius 1 is 1.06 bits per heavy atom. The molecule has 2 aromatic rings. The second-order valence-corrected chi connectivity index (χ2v) is 9.31. The maximum atomic E-state index is 13.1. The molecule has 1 heterocycles. The largest absolute Gasteiger partial charge is 0.497 e. The van der Waals surface area contributed by atoms with Crippen molar-refractivity contribution in [3.63, 3.8) is 0 Å². The van der Waals surface area contributed by atoms with Gasteiger partial charge in [0.15, 0.2) is 9.84 Å². The third kappa shape index (κ3) is 5.28. The van der Waals surface area contributed by atoms with E-state index in [1.165, 1.54) is 26.4 Å². The van der Waals surface area contributed by atoms with Gasteiger partial charge in [-0.25, -0.2) is 18.0 Å². The van der Waals surface area contributed by atoms with Gasteiger partial charge in [-0.1, -0.05) is 17.7 Å². The average molecular weight is 475 g/mol. The van der Waals surface area contributed by atoms with Crippen LogP contribution in [0.5, 0.6) is 11.5 Å². The van der Waals surface area contributed by atoms with Gasteiger partial charge in [-0.2, -0.15) is 0 Å². The highest BCUT2D eigenvalue weighted by Gasteiger charge is 2.37. The van der Waals surface area contributed by atoms with E-state index in [9.17, 15) is 18.0 Å². The number of rotatable bonds is 8. The van der Waals surface area contributed by atoms with Gasteiger partial charge in [0.25, 0.3) is 0 Å². The van der Waals surface area contributed by atoms with E-state index in [1.807, 2.05) is 6.92 Å². The summed E-state index contributed by atoms with van der Waals surface area (Å²) in [6.45, 7) is 3.55. The molecule has 10 heteroatoms. The van der Waals surface area contributed by atoms with E-state index in [4.69, 9.17) is 14.2 Å². The summed E-state index contributed by atoms with van der Waals surface area (Å²) < 4.78 is 42.1. The molecule has 1 atom stereocenters. The molecule has 2 N–H and O–H groups in total. The fourth-order valence-electron chi connectivity index (χ4n) is 3.50. The zero-order valence-corrected chi connectivity index (χ0v) is 19.6. The zero-order valence-electron chi connectivity index (χ0n) is 18.8. The van der Waals surface area contributed by atoms with E-state index < -0.39 is 33.6 Å².